The average Bonchev–Trinajstić information content (AvgIpc) is 3.33. The van der Waals surface area contributed by atoms with Crippen molar-refractivity contribution < 1.29 is 38.7 Å². The number of phenolic OH excluding ortho intramolecular Hbond substituents is 2. The number of methoxy groups -OCH3 is 2. The number of aryl methyl sites for hydroxylation is 1. The van der Waals surface area contributed by atoms with Crippen LogP contribution in [0.15, 0.2) is 164 Å². The molecular weight excluding hydrogens is 797 g/mol. The second-order valence-electron chi connectivity index (χ2n) is 14.4. The van der Waals surface area contributed by atoms with E-state index in [1.54, 1.807) is 75.1 Å². The van der Waals surface area contributed by atoms with Crippen LogP contribution in [0, 0.1) is 6.92 Å². The first-order chi connectivity index (χ1) is 30.7. The van der Waals surface area contributed by atoms with Crippen LogP contribution in [0.25, 0.3) is 21.8 Å². The number of aromatic nitrogens is 2. The Hall–Kier alpha value is -8.12. The average molecular weight is 843 g/mol. The summed E-state index contributed by atoms with van der Waals surface area (Å²) < 4.78 is 21.6. The number of amides is 2. The predicted molar refractivity (Wildman–Crippen MR) is 241 cm³/mol. The number of benzene rings is 6. The SMILES string of the molecule is COc1ccc(OCC(=O)NC(c2ccc(OC)cc2)c2ccc3cccnc3c2O)cc1.Cc1ccc(OCC(=O)NC(c2ccccc2)c2ccc3cccnc3c2O)cc1. The van der Waals surface area contributed by atoms with Gasteiger partial charge in [-0.15, -0.1) is 0 Å². The Morgan fingerprint density at radius 2 is 0.921 bits per heavy atom. The highest BCUT2D eigenvalue weighted by molar-refractivity contribution is 5.87. The fraction of sp³-hybridized carbons (Fsp3) is 0.137. The van der Waals surface area contributed by atoms with Crippen molar-refractivity contribution >= 4 is 33.6 Å². The first-order valence-electron chi connectivity index (χ1n) is 20.1. The van der Waals surface area contributed by atoms with E-state index in [1.165, 1.54) is 0 Å². The molecule has 2 amide bonds. The molecule has 2 aromatic heterocycles. The van der Waals surface area contributed by atoms with Crippen molar-refractivity contribution in [2.24, 2.45) is 0 Å². The Kier molecular flexibility index (Phi) is 13.9. The summed E-state index contributed by atoms with van der Waals surface area (Å²) in [7, 11) is 3.17. The highest BCUT2D eigenvalue weighted by atomic mass is 16.5. The Labute approximate surface area is 364 Å². The summed E-state index contributed by atoms with van der Waals surface area (Å²) in [6.45, 7) is 1.68. The molecule has 0 aliphatic heterocycles. The summed E-state index contributed by atoms with van der Waals surface area (Å²) in [6, 6.07) is 44.9. The van der Waals surface area contributed by atoms with Gasteiger partial charge in [-0.1, -0.05) is 96.6 Å². The van der Waals surface area contributed by atoms with Crippen LogP contribution in [0.4, 0.5) is 0 Å². The number of ether oxygens (including phenoxy) is 4. The van der Waals surface area contributed by atoms with E-state index < -0.39 is 12.1 Å². The fourth-order valence-electron chi connectivity index (χ4n) is 6.89. The zero-order chi connectivity index (χ0) is 44.1. The summed E-state index contributed by atoms with van der Waals surface area (Å²) in [4.78, 5) is 34.1. The minimum Gasteiger partial charge on any atom is -0.505 e. The van der Waals surface area contributed by atoms with E-state index in [-0.39, 0.29) is 36.5 Å². The summed E-state index contributed by atoms with van der Waals surface area (Å²) in [5.41, 5.74) is 4.83. The Balaban J connectivity index is 0.000000190. The Bertz CT molecular complexity index is 2780. The Morgan fingerprint density at radius 1 is 0.508 bits per heavy atom. The molecule has 0 fully saturated rings. The maximum atomic E-state index is 12.8. The molecule has 0 bridgehead atoms. The first kappa shape index (κ1) is 43.0. The van der Waals surface area contributed by atoms with E-state index in [0.29, 0.717) is 45.2 Å². The van der Waals surface area contributed by atoms with Crippen LogP contribution in [-0.4, -0.2) is 59.4 Å². The third-order valence-corrected chi connectivity index (χ3v) is 10.2. The van der Waals surface area contributed by atoms with E-state index in [1.807, 2.05) is 110 Å². The maximum absolute atomic E-state index is 12.8. The number of pyridine rings is 2. The summed E-state index contributed by atoms with van der Waals surface area (Å²) in [6.07, 6.45) is 3.26. The number of hydrogen-bond donors (Lipinski definition) is 4. The summed E-state index contributed by atoms with van der Waals surface area (Å²) in [5.74, 6) is 2.02. The molecule has 6 aromatic carbocycles. The molecule has 12 heteroatoms. The molecule has 0 saturated heterocycles. The van der Waals surface area contributed by atoms with Crippen molar-refractivity contribution in [1.29, 1.82) is 0 Å². The van der Waals surface area contributed by atoms with Gasteiger partial charge in [0.15, 0.2) is 13.2 Å². The number of rotatable bonds is 14. The molecule has 0 aliphatic rings. The number of hydrogen-bond acceptors (Lipinski definition) is 10. The molecule has 2 atom stereocenters. The van der Waals surface area contributed by atoms with Gasteiger partial charge in [0.05, 0.1) is 26.3 Å². The third-order valence-electron chi connectivity index (χ3n) is 10.2. The van der Waals surface area contributed by atoms with Gasteiger partial charge in [-0.25, -0.2) is 0 Å². The van der Waals surface area contributed by atoms with Crippen LogP contribution >= 0.6 is 0 Å². The maximum Gasteiger partial charge on any atom is 0.258 e. The van der Waals surface area contributed by atoms with Gasteiger partial charge in [-0.2, -0.15) is 0 Å². The minimum absolute atomic E-state index is 0.0188. The number of phenols is 2. The number of nitrogens with one attached hydrogen (secondary N) is 2. The first-order valence-corrected chi connectivity index (χ1v) is 20.1. The minimum atomic E-state index is -0.616. The number of fused-ring (bicyclic) bond motifs is 2. The summed E-state index contributed by atoms with van der Waals surface area (Å²) >= 11 is 0. The van der Waals surface area contributed by atoms with Crippen LogP contribution in [0.3, 0.4) is 0 Å². The molecule has 0 spiro atoms. The van der Waals surface area contributed by atoms with Gasteiger partial charge in [-0.05, 0) is 78.7 Å². The molecule has 8 rings (SSSR count). The van der Waals surface area contributed by atoms with E-state index in [4.69, 9.17) is 18.9 Å². The van der Waals surface area contributed by atoms with Crippen molar-refractivity contribution in [2.75, 3.05) is 27.4 Å². The quantitative estimate of drug-likeness (QED) is 0.0833. The number of aromatic hydroxyl groups is 2. The third kappa shape index (κ3) is 10.8. The van der Waals surface area contributed by atoms with Gasteiger partial charge in [-0.3, -0.25) is 19.6 Å². The number of carbonyl (C=O) groups is 2. The molecule has 0 aliphatic carbocycles. The van der Waals surface area contributed by atoms with E-state index in [0.717, 1.165) is 27.5 Å². The fourth-order valence-corrected chi connectivity index (χ4v) is 6.89. The monoisotopic (exact) mass is 842 g/mol. The molecule has 12 nitrogen and oxygen atoms in total. The van der Waals surface area contributed by atoms with Crippen LogP contribution in [0.2, 0.25) is 0 Å². The molecule has 63 heavy (non-hydrogen) atoms. The smallest absolute Gasteiger partial charge is 0.258 e. The van der Waals surface area contributed by atoms with Gasteiger partial charge in [0.25, 0.3) is 11.8 Å². The second kappa shape index (κ2) is 20.4. The van der Waals surface area contributed by atoms with E-state index in [2.05, 4.69) is 20.6 Å². The number of nitrogens with zero attached hydrogens (tertiary/aromatic N) is 2. The molecule has 0 radical (unpaired) electrons. The molecule has 0 saturated carbocycles. The van der Waals surface area contributed by atoms with Crippen LogP contribution < -0.4 is 29.6 Å². The van der Waals surface area contributed by atoms with Gasteiger partial charge >= 0.3 is 0 Å². The summed E-state index contributed by atoms with van der Waals surface area (Å²) in [5, 5.41) is 29.4. The molecule has 2 unspecified atom stereocenters. The van der Waals surface area contributed by atoms with Gasteiger partial charge < -0.3 is 39.8 Å². The normalized spacial score (nSPS) is 11.7. The van der Waals surface area contributed by atoms with Crippen molar-refractivity contribution in [3.63, 3.8) is 0 Å². The van der Waals surface area contributed by atoms with Crippen molar-refractivity contribution in [1.82, 2.24) is 20.6 Å². The topological polar surface area (TPSA) is 161 Å². The van der Waals surface area contributed by atoms with E-state index >= 15 is 0 Å². The lowest BCUT2D eigenvalue weighted by atomic mass is 9.96. The molecule has 318 valence electrons. The highest BCUT2D eigenvalue weighted by Crippen LogP contribution is 2.36. The van der Waals surface area contributed by atoms with Gasteiger partial charge in [0.1, 0.15) is 45.5 Å². The largest absolute Gasteiger partial charge is 0.505 e. The molecular formula is C51H46N4O8. The molecule has 8 aromatic rings. The second-order valence-corrected chi connectivity index (χ2v) is 14.4. The lowest BCUT2D eigenvalue weighted by Gasteiger charge is -2.22. The van der Waals surface area contributed by atoms with Gasteiger partial charge in [0, 0.05) is 34.3 Å². The molecule has 2 heterocycles. The van der Waals surface area contributed by atoms with Gasteiger partial charge in [0.2, 0.25) is 0 Å². The Morgan fingerprint density at radius 3 is 1.38 bits per heavy atom. The van der Waals surface area contributed by atoms with Crippen molar-refractivity contribution in [3.05, 3.63) is 192 Å². The highest BCUT2D eigenvalue weighted by Gasteiger charge is 2.24. The standard InChI is InChI=1S/C26H24N2O5.C25H22N2O3/c1-31-19-8-5-18(6-9-19)24(22-14-7-17-4-3-15-27-25(17)26(22)30)28-23(29)16-33-21-12-10-20(32-2)11-13-21;1-17-9-12-20(13-10-17)30-16-22(28)27-23(18-6-3-2-4-7-18)21-14-11-19-8-5-15-26-24(19)25(21)29/h3-15,24,30H,16H2,1-2H3,(H,28,29);2-15,23,29H,16H2,1H3,(H,27,28). The van der Waals surface area contributed by atoms with Crippen LogP contribution in [0.1, 0.15) is 39.9 Å². The van der Waals surface area contributed by atoms with E-state index in [9.17, 15) is 19.8 Å². The van der Waals surface area contributed by atoms with Crippen LogP contribution in [0.5, 0.6) is 34.5 Å². The zero-order valence-corrected chi connectivity index (χ0v) is 34.9. The van der Waals surface area contributed by atoms with Crippen molar-refractivity contribution in [2.45, 2.75) is 19.0 Å². The lowest BCUT2D eigenvalue weighted by molar-refractivity contribution is -0.124. The lowest BCUT2D eigenvalue weighted by Crippen LogP contribution is -2.33. The van der Waals surface area contributed by atoms with Crippen LogP contribution in [-0.2, 0) is 9.59 Å². The molecule has 4 N–H and O–H groups in total. The predicted octanol–water partition coefficient (Wildman–Crippen LogP) is 8.78. The van der Waals surface area contributed by atoms with Crippen molar-refractivity contribution in [3.8, 4) is 34.5 Å². The number of carbonyl (C=O) groups excluding carboxylic acids is 2. The zero-order valence-electron chi connectivity index (χ0n) is 34.9.